The van der Waals surface area contributed by atoms with Gasteiger partial charge >= 0.3 is 5.97 Å². The number of sulfone groups is 1. The summed E-state index contributed by atoms with van der Waals surface area (Å²) in [5.41, 5.74) is 0.340. The molecule has 2 atom stereocenters. The summed E-state index contributed by atoms with van der Waals surface area (Å²) in [6.45, 7) is -0.608. The lowest BCUT2D eigenvalue weighted by Crippen LogP contribution is -2.34. The molecule has 9 heteroatoms. The first-order chi connectivity index (χ1) is 8.39. The second-order valence-electron chi connectivity index (χ2n) is 3.77. The first-order valence-corrected chi connectivity index (χ1v) is 7.33. The fraction of sp³-hybridized carbons (Fsp3) is 0.444. The van der Waals surface area contributed by atoms with E-state index >= 15 is 0 Å². The summed E-state index contributed by atoms with van der Waals surface area (Å²) in [6, 6.07) is 1.51. The first-order valence-electron chi connectivity index (χ1n) is 4.90. The van der Waals surface area contributed by atoms with Crippen molar-refractivity contribution in [2.24, 2.45) is 0 Å². The van der Waals surface area contributed by atoms with Gasteiger partial charge in [-0.1, -0.05) is 0 Å². The van der Waals surface area contributed by atoms with Crippen molar-refractivity contribution < 1.29 is 22.9 Å². The average molecular weight is 291 g/mol. The standard InChI is InChI=1S/C9H9NO6S2/c1-16-8(11)7-6(4-10(12)13)5-2-3-17-9(5)18(7,14)15/h2-3,6-7H,4H2,1H3/t6-,7-/m0/s1. The Hall–Kier alpha value is -1.48. The molecule has 0 aromatic carbocycles. The summed E-state index contributed by atoms with van der Waals surface area (Å²) in [6.07, 6.45) is 0. The molecule has 2 heterocycles. The van der Waals surface area contributed by atoms with Gasteiger partial charge in [0, 0.05) is 4.92 Å². The highest BCUT2D eigenvalue weighted by Gasteiger charge is 2.53. The van der Waals surface area contributed by atoms with E-state index in [1.807, 2.05) is 0 Å². The maximum atomic E-state index is 12.1. The van der Waals surface area contributed by atoms with Crippen LogP contribution >= 0.6 is 11.3 Å². The summed E-state index contributed by atoms with van der Waals surface area (Å²) in [5, 5.41) is 10.7. The number of methoxy groups -OCH3 is 1. The zero-order chi connectivity index (χ0) is 13.5. The van der Waals surface area contributed by atoms with Gasteiger partial charge in [0.15, 0.2) is 5.25 Å². The van der Waals surface area contributed by atoms with Gasteiger partial charge in [0.25, 0.3) is 0 Å². The number of nitro groups is 1. The minimum Gasteiger partial charge on any atom is -0.468 e. The fourth-order valence-corrected chi connectivity index (χ4v) is 5.57. The van der Waals surface area contributed by atoms with E-state index in [2.05, 4.69) is 4.74 Å². The van der Waals surface area contributed by atoms with E-state index in [1.165, 1.54) is 6.07 Å². The van der Waals surface area contributed by atoms with Gasteiger partial charge in [-0.3, -0.25) is 14.9 Å². The third-order valence-electron chi connectivity index (χ3n) is 2.80. The van der Waals surface area contributed by atoms with Crippen LogP contribution in [0.3, 0.4) is 0 Å². The molecule has 0 radical (unpaired) electrons. The molecule has 0 saturated heterocycles. The summed E-state index contributed by atoms with van der Waals surface area (Å²) < 4.78 is 28.7. The van der Waals surface area contributed by atoms with Crippen molar-refractivity contribution >= 4 is 27.1 Å². The van der Waals surface area contributed by atoms with Crippen LogP contribution in [0.2, 0.25) is 0 Å². The molecule has 1 aliphatic rings. The number of rotatable bonds is 3. The minimum atomic E-state index is -3.87. The van der Waals surface area contributed by atoms with Crippen LogP contribution in [-0.2, 0) is 19.4 Å². The van der Waals surface area contributed by atoms with E-state index in [1.54, 1.807) is 5.38 Å². The highest BCUT2D eigenvalue weighted by molar-refractivity contribution is 7.95. The van der Waals surface area contributed by atoms with Gasteiger partial charge in [0.1, 0.15) is 4.21 Å². The van der Waals surface area contributed by atoms with Crippen LogP contribution in [0.4, 0.5) is 0 Å². The number of thiophene rings is 1. The number of carbonyl (C=O) groups is 1. The van der Waals surface area contributed by atoms with Crippen LogP contribution in [-0.4, -0.2) is 38.2 Å². The molecule has 0 unspecified atom stereocenters. The Morgan fingerprint density at radius 2 is 2.28 bits per heavy atom. The second-order valence-corrected chi connectivity index (χ2v) is 6.95. The van der Waals surface area contributed by atoms with Crippen LogP contribution in [0.15, 0.2) is 15.7 Å². The molecule has 0 bridgehead atoms. The Morgan fingerprint density at radius 3 is 2.83 bits per heavy atom. The molecule has 1 aliphatic heterocycles. The van der Waals surface area contributed by atoms with Gasteiger partial charge < -0.3 is 4.74 Å². The molecule has 0 spiro atoms. The van der Waals surface area contributed by atoms with Crippen molar-refractivity contribution in [3.63, 3.8) is 0 Å². The van der Waals surface area contributed by atoms with E-state index in [0.717, 1.165) is 18.4 Å². The zero-order valence-corrected chi connectivity index (χ0v) is 10.9. The van der Waals surface area contributed by atoms with Gasteiger partial charge in [-0.2, -0.15) is 0 Å². The largest absolute Gasteiger partial charge is 0.468 e. The lowest BCUT2D eigenvalue weighted by atomic mass is 9.99. The molecular weight excluding hydrogens is 282 g/mol. The maximum Gasteiger partial charge on any atom is 0.325 e. The van der Waals surface area contributed by atoms with E-state index in [9.17, 15) is 23.3 Å². The van der Waals surface area contributed by atoms with Crippen LogP contribution in [0.25, 0.3) is 0 Å². The van der Waals surface area contributed by atoms with Crippen molar-refractivity contribution in [1.82, 2.24) is 0 Å². The number of esters is 1. The van der Waals surface area contributed by atoms with E-state index in [4.69, 9.17) is 0 Å². The molecular formula is C9H9NO6S2. The van der Waals surface area contributed by atoms with Crippen LogP contribution < -0.4 is 0 Å². The molecule has 0 N–H and O–H groups in total. The van der Waals surface area contributed by atoms with Crippen molar-refractivity contribution in [2.45, 2.75) is 15.4 Å². The molecule has 18 heavy (non-hydrogen) atoms. The molecule has 98 valence electrons. The number of hydrogen-bond donors (Lipinski definition) is 0. The number of ether oxygens (including phenoxy) is 1. The quantitative estimate of drug-likeness (QED) is 0.454. The van der Waals surface area contributed by atoms with Crippen molar-refractivity contribution in [1.29, 1.82) is 0 Å². The summed E-state index contributed by atoms with van der Waals surface area (Å²) in [4.78, 5) is 21.6. The number of fused-ring (bicyclic) bond motifs is 1. The average Bonchev–Trinajstić information content (AvgIpc) is 2.81. The topological polar surface area (TPSA) is 104 Å². The smallest absolute Gasteiger partial charge is 0.325 e. The van der Waals surface area contributed by atoms with Crippen molar-refractivity contribution in [3.8, 4) is 0 Å². The number of nitrogens with zero attached hydrogens (tertiary/aromatic N) is 1. The van der Waals surface area contributed by atoms with E-state index < -0.39 is 38.4 Å². The Morgan fingerprint density at radius 1 is 1.61 bits per heavy atom. The van der Waals surface area contributed by atoms with Gasteiger partial charge in [-0.05, 0) is 17.0 Å². The van der Waals surface area contributed by atoms with Crippen LogP contribution in [0.5, 0.6) is 0 Å². The highest BCUT2D eigenvalue weighted by atomic mass is 32.2. The summed E-state index contributed by atoms with van der Waals surface area (Å²) in [7, 11) is -2.81. The van der Waals surface area contributed by atoms with Gasteiger partial charge in [-0.25, -0.2) is 8.42 Å². The SMILES string of the molecule is COC(=O)[C@@H]1[C@@H](C[N+](=O)[O-])c2ccsc2S1(=O)=O. The van der Waals surface area contributed by atoms with Crippen LogP contribution in [0.1, 0.15) is 11.5 Å². The lowest BCUT2D eigenvalue weighted by molar-refractivity contribution is -0.483. The molecule has 0 aliphatic carbocycles. The molecule has 1 aromatic rings. The van der Waals surface area contributed by atoms with Gasteiger partial charge in [0.05, 0.1) is 13.0 Å². The third-order valence-corrected chi connectivity index (χ3v) is 6.44. The van der Waals surface area contributed by atoms with Crippen LogP contribution in [0, 0.1) is 10.1 Å². The summed E-state index contributed by atoms with van der Waals surface area (Å²) >= 11 is 0.963. The molecule has 1 aromatic heterocycles. The third kappa shape index (κ3) is 1.79. The van der Waals surface area contributed by atoms with Crippen molar-refractivity contribution in [3.05, 3.63) is 27.1 Å². The normalized spacial score (nSPS) is 24.5. The highest BCUT2D eigenvalue weighted by Crippen LogP contribution is 2.44. The first kappa shape index (κ1) is 13.0. The maximum absolute atomic E-state index is 12.1. The fourth-order valence-electron chi connectivity index (χ4n) is 2.07. The molecule has 7 nitrogen and oxygen atoms in total. The second kappa shape index (κ2) is 4.32. The Labute approximate surface area is 106 Å². The Kier molecular flexibility index (Phi) is 3.11. The van der Waals surface area contributed by atoms with Gasteiger partial charge in [-0.15, -0.1) is 11.3 Å². The summed E-state index contributed by atoms with van der Waals surface area (Å²) in [5.74, 6) is -1.93. The minimum absolute atomic E-state index is 0.0322. The Balaban J connectivity index is 2.54. The zero-order valence-electron chi connectivity index (χ0n) is 9.23. The molecule has 2 rings (SSSR count). The molecule has 0 amide bonds. The van der Waals surface area contributed by atoms with Crippen molar-refractivity contribution in [2.75, 3.05) is 13.7 Å². The molecule has 0 fully saturated rings. The van der Waals surface area contributed by atoms with E-state index in [0.29, 0.717) is 5.56 Å². The predicted octanol–water partition coefficient (Wildman–Crippen LogP) is 0.437. The number of carbonyl (C=O) groups excluding carboxylic acids is 1. The molecule has 0 saturated carbocycles. The lowest BCUT2D eigenvalue weighted by Gasteiger charge is -2.13. The number of hydrogen-bond acceptors (Lipinski definition) is 7. The Bertz CT molecular complexity index is 604. The van der Waals surface area contributed by atoms with E-state index in [-0.39, 0.29) is 4.21 Å². The van der Waals surface area contributed by atoms with Gasteiger partial charge in [0.2, 0.25) is 16.4 Å². The monoisotopic (exact) mass is 291 g/mol. The predicted molar refractivity (Wildman–Crippen MR) is 61.9 cm³/mol.